The van der Waals surface area contributed by atoms with Crippen LogP contribution < -0.4 is 31.3 Å². The van der Waals surface area contributed by atoms with E-state index in [1.165, 1.54) is 24.3 Å². The number of guanidine groups is 2. The number of carbonyl (C=O) groups excluding carboxylic acids is 2. The standard InChI is InChI=1S/C28H34N8O5/c1-27(2)10-11-41-20-16(4-3-5-17(20)27)24(40)32-19-13-36-26(30)33-18(21-28(36,22(19)38)35-25(29)34-21)12-31-23(39)14-6-8-15(37)9-7-14/h3-9,18-19,21-22,37-38H,10-13H2,1-2H3,(H2,30,33)(H,31,39)(H,32,40)(H3,29,34,35)/t18-,19?,21?,22+,28?/m0/s1. The van der Waals surface area contributed by atoms with Gasteiger partial charge in [-0.05, 0) is 42.2 Å². The van der Waals surface area contributed by atoms with E-state index in [4.69, 9.17) is 15.6 Å². The third-order valence-corrected chi connectivity index (χ3v) is 8.64. The van der Waals surface area contributed by atoms with Crippen molar-refractivity contribution in [3.8, 4) is 11.5 Å². The summed E-state index contributed by atoms with van der Waals surface area (Å²) in [6.07, 6.45) is -0.372. The van der Waals surface area contributed by atoms with E-state index in [9.17, 15) is 19.8 Å². The molecule has 216 valence electrons. The van der Waals surface area contributed by atoms with Gasteiger partial charge in [0.1, 0.15) is 17.6 Å². The molecule has 5 atom stereocenters. The first-order valence-electron chi connectivity index (χ1n) is 13.6. The average Bonchev–Trinajstić information content (AvgIpc) is 3.43. The predicted octanol–water partition coefficient (Wildman–Crippen LogP) is -0.244. The molecule has 3 unspecified atom stereocenters. The van der Waals surface area contributed by atoms with Crippen molar-refractivity contribution in [1.82, 2.24) is 31.5 Å². The van der Waals surface area contributed by atoms with E-state index >= 15 is 0 Å². The van der Waals surface area contributed by atoms with Crippen LogP contribution in [0.15, 0.2) is 42.5 Å². The maximum Gasteiger partial charge on any atom is 0.255 e. The summed E-state index contributed by atoms with van der Waals surface area (Å²) in [5.74, 6) is -0.216. The number of para-hydroxylation sites is 1. The van der Waals surface area contributed by atoms with Crippen LogP contribution in [-0.2, 0) is 5.41 Å². The lowest BCUT2D eigenvalue weighted by Crippen LogP contribution is -2.78. The Bertz CT molecular complexity index is 1430. The molecule has 3 saturated heterocycles. The first-order chi connectivity index (χ1) is 19.5. The molecule has 0 radical (unpaired) electrons. The monoisotopic (exact) mass is 562 g/mol. The van der Waals surface area contributed by atoms with E-state index in [1.54, 1.807) is 11.0 Å². The van der Waals surface area contributed by atoms with Crippen LogP contribution in [0.2, 0.25) is 0 Å². The number of benzene rings is 2. The van der Waals surface area contributed by atoms with Crippen LogP contribution in [0, 0.1) is 10.8 Å². The number of aliphatic hydroxyl groups is 1. The van der Waals surface area contributed by atoms with Crippen molar-refractivity contribution in [3.05, 3.63) is 59.2 Å². The lowest BCUT2D eigenvalue weighted by Gasteiger charge is -2.49. The van der Waals surface area contributed by atoms with Gasteiger partial charge in [0.15, 0.2) is 17.6 Å². The van der Waals surface area contributed by atoms with E-state index in [0.29, 0.717) is 23.5 Å². The predicted molar refractivity (Wildman–Crippen MR) is 149 cm³/mol. The summed E-state index contributed by atoms with van der Waals surface area (Å²) in [5, 5.41) is 53.1. The number of phenols is 1. The number of carbonyl (C=O) groups is 2. The second-order valence-corrected chi connectivity index (χ2v) is 11.6. The number of nitrogens with zero attached hydrogens (tertiary/aromatic N) is 1. The van der Waals surface area contributed by atoms with Crippen molar-refractivity contribution in [2.45, 2.75) is 55.6 Å². The van der Waals surface area contributed by atoms with Crippen molar-refractivity contribution in [1.29, 1.82) is 10.8 Å². The van der Waals surface area contributed by atoms with Gasteiger partial charge >= 0.3 is 0 Å². The first kappa shape index (κ1) is 26.7. The summed E-state index contributed by atoms with van der Waals surface area (Å²) in [7, 11) is 0. The molecule has 13 heteroatoms. The third-order valence-electron chi connectivity index (χ3n) is 8.64. The van der Waals surface area contributed by atoms with E-state index in [1.807, 2.05) is 12.1 Å². The highest BCUT2D eigenvalue weighted by Gasteiger charge is 2.66. The highest BCUT2D eigenvalue weighted by atomic mass is 16.5. The summed E-state index contributed by atoms with van der Waals surface area (Å²) in [6, 6.07) is 9.35. The lowest BCUT2D eigenvalue weighted by atomic mass is 9.79. The summed E-state index contributed by atoms with van der Waals surface area (Å²) < 4.78 is 5.92. The first-order valence-corrected chi connectivity index (χ1v) is 13.6. The van der Waals surface area contributed by atoms with Gasteiger partial charge in [-0.25, -0.2) is 0 Å². The van der Waals surface area contributed by atoms with Crippen LogP contribution in [0.5, 0.6) is 11.5 Å². The average molecular weight is 563 g/mol. The van der Waals surface area contributed by atoms with Crippen LogP contribution >= 0.6 is 0 Å². The van der Waals surface area contributed by atoms with Crippen LogP contribution in [0.1, 0.15) is 46.5 Å². The van der Waals surface area contributed by atoms with E-state index < -0.39 is 35.8 Å². The zero-order valence-corrected chi connectivity index (χ0v) is 22.7. The highest BCUT2D eigenvalue weighted by Crippen LogP contribution is 2.41. The maximum absolute atomic E-state index is 13.5. The van der Waals surface area contributed by atoms with E-state index in [0.717, 1.165) is 12.0 Å². The Kier molecular flexibility index (Phi) is 6.21. The number of amides is 2. The van der Waals surface area contributed by atoms with Gasteiger partial charge in [-0.3, -0.25) is 20.4 Å². The molecular formula is C28H34N8O5. The Hall–Kier alpha value is -4.52. The molecule has 2 aromatic carbocycles. The summed E-state index contributed by atoms with van der Waals surface area (Å²) in [6.45, 7) is 4.93. The second-order valence-electron chi connectivity index (χ2n) is 11.6. The number of hydrogen-bond acceptors (Lipinski definition) is 7. The second kappa shape index (κ2) is 9.54. The molecule has 0 aromatic heterocycles. The molecule has 13 nitrogen and oxygen atoms in total. The molecule has 4 aliphatic rings. The van der Waals surface area contributed by atoms with Crippen LogP contribution in [0.3, 0.4) is 0 Å². The Balaban J connectivity index is 1.22. The van der Waals surface area contributed by atoms with Crippen molar-refractivity contribution < 1.29 is 24.5 Å². The summed E-state index contributed by atoms with van der Waals surface area (Å²) in [4.78, 5) is 27.9. The molecule has 0 bridgehead atoms. The minimum Gasteiger partial charge on any atom is -0.508 e. The fourth-order valence-electron chi connectivity index (χ4n) is 6.41. The zero-order valence-electron chi connectivity index (χ0n) is 22.7. The number of rotatable bonds is 5. The lowest BCUT2D eigenvalue weighted by molar-refractivity contribution is 0.00611. The molecule has 0 saturated carbocycles. The zero-order chi connectivity index (χ0) is 29.1. The molecule has 9 N–H and O–H groups in total. The number of aromatic hydroxyl groups is 1. The Morgan fingerprint density at radius 1 is 1.12 bits per heavy atom. The fraction of sp³-hybridized carbons (Fsp3) is 0.429. The Morgan fingerprint density at radius 2 is 1.88 bits per heavy atom. The van der Waals surface area contributed by atoms with Gasteiger partial charge in [0.25, 0.3) is 11.8 Å². The smallest absolute Gasteiger partial charge is 0.255 e. The molecule has 3 fully saturated rings. The van der Waals surface area contributed by atoms with Gasteiger partial charge in [0.05, 0.1) is 30.3 Å². The number of ether oxygens (including phenoxy) is 1. The number of nitrogens with one attached hydrogen (secondary N) is 7. The Morgan fingerprint density at radius 3 is 2.63 bits per heavy atom. The molecule has 4 aliphatic heterocycles. The van der Waals surface area contributed by atoms with Gasteiger partial charge < -0.3 is 46.4 Å². The summed E-state index contributed by atoms with van der Waals surface area (Å²) >= 11 is 0. The quantitative estimate of drug-likeness (QED) is 0.236. The van der Waals surface area contributed by atoms with Crippen LogP contribution in [-0.4, -0.2) is 88.4 Å². The largest absolute Gasteiger partial charge is 0.508 e. The van der Waals surface area contributed by atoms with Crippen molar-refractivity contribution in [3.63, 3.8) is 0 Å². The third kappa shape index (κ3) is 4.27. The SMILES string of the molecule is CC1(C)CCOc2c(C(=O)NC3CN4C(=N)N[C@@H](CNC(=O)c5ccc(O)cc5)C5NC(=N)NC54[C@@H]3O)cccc21. The highest BCUT2D eigenvalue weighted by molar-refractivity contribution is 5.98. The normalized spacial score (nSPS) is 29.1. The molecule has 6 rings (SSSR count). The van der Waals surface area contributed by atoms with Crippen LogP contribution in [0.25, 0.3) is 0 Å². The minimum absolute atomic E-state index is 0.00731. The number of hydrogen-bond donors (Lipinski definition) is 9. The fourth-order valence-corrected chi connectivity index (χ4v) is 6.41. The van der Waals surface area contributed by atoms with Gasteiger partial charge in [0, 0.05) is 24.2 Å². The Labute approximate surface area is 236 Å². The van der Waals surface area contributed by atoms with Gasteiger partial charge in [0.2, 0.25) is 0 Å². The van der Waals surface area contributed by atoms with Gasteiger partial charge in [-0.2, -0.15) is 0 Å². The van der Waals surface area contributed by atoms with Crippen molar-refractivity contribution in [2.75, 3.05) is 19.7 Å². The van der Waals surface area contributed by atoms with E-state index in [-0.39, 0.29) is 42.1 Å². The number of phenolic OH excluding ortho intramolecular Hbond substituents is 1. The number of fused-ring (bicyclic) bond motifs is 1. The summed E-state index contributed by atoms with van der Waals surface area (Å²) in [5.41, 5.74) is 0.248. The number of aliphatic hydroxyl groups excluding tert-OH is 1. The molecule has 4 heterocycles. The molecule has 0 aliphatic carbocycles. The molecular weight excluding hydrogens is 528 g/mol. The molecule has 1 spiro atoms. The minimum atomic E-state index is -1.31. The van der Waals surface area contributed by atoms with Crippen LogP contribution in [0.4, 0.5) is 0 Å². The van der Waals surface area contributed by atoms with E-state index in [2.05, 4.69) is 40.4 Å². The van der Waals surface area contributed by atoms with Crippen molar-refractivity contribution in [2.24, 2.45) is 0 Å². The van der Waals surface area contributed by atoms with Gasteiger partial charge in [-0.15, -0.1) is 0 Å². The molecule has 41 heavy (non-hydrogen) atoms. The molecule has 2 aromatic rings. The topological polar surface area (TPSA) is 195 Å². The molecule has 2 amide bonds. The maximum atomic E-state index is 13.5. The van der Waals surface area contributed by atoms with Crippen molar-refractivity contribution >= 4 is 23.7 Å². The van der Waals surface area contributed by atoms with Gasteiger partial charge in [-0.1, -0.05) is 26.0 Å².